The summed E-state index contributed by atoms with van der Waals surface area (Å²) in [5, 5.41) is 12.2. The number of ether oxygens (including phenoxy) is 1. The van der Waals surface area contributed by atoms with Gasteiger partial charge in [-0.15, -0.1) is 0 Å². The second kappa shape index (κ2) is 6.81. The number of nitrogens with zero attached hydrogens (tertiary/aromatic N) is 2. The third-order valence-corrected chi connectivity index (χ3v) is 2.18. The lowest BCUT2D eigenvalue weighted by Gasteiger charge is -2.08. The maximum absolute atomic E-state index is 8.95. The number of hydrogen-bond acceptors (Lipinski definition) is 4. The summed E-state index contributed by atoms with van der Waals surface area (Å²) in [5.74, 6) is 0.431. The van der Waals surface area contributed by atoms with Crippen molar-refractivity contribution in [3.63, 3.8) is 0 Å². The van der Waals surface area contributed by atoms with Gasteiger partial charge in [-0.05, 0) is 31.5 Å². The van der Waals surface area contributed by atoms with E-state index >= 15 is 0 Å². The molecule has 0 bridgehead atoms. The van der Waals surface area contributed by atoms with Crippen molar-refractivity contribution in [2.24, 2.45) is 0 Å². The summed E-state index contributed by atoms with van der Waals surface area (Å²) in [5.41, 5.74) is 1.42. The predicted octanol–water partition coefficient (Wildman–Crippen LogP) is 1.64. The van der Waals surface area contributed by atoms with E-state index in [1.807, 2.05) is 6.92 Å². The van der Waals surface area contributed by atoms with Crippen LogP contribution in [0.25, 0.3) is 0 Å². The third-order valence-electron chi connectivity index (χ3n) is 2.18. The van der Waals surface area contributed by atoms with Gasteiger partial charge in [-0.3, -0.25) is 0 Å². The summed E-state index contributed by atoms with van der Waals surface area (Å²) < 4.78 is 5.46. The molecule has 1 N–H and O–H groups in total. The molecule has 4 nitrogen and oxygen atoms in total. The van der Waals surface area contributed by atoms with Crippen LogP contribution in [-0.2, 0) is 0 Å². The first-order chi connectivity index (χ1) is 7.79. The first-order valence-corrected chi connectivity index (χ1v) is 5.48. The van der Waals surface area contributed by atoms with Gasteiger partial charge in [0.05, 0.1) is 0 Å². The molecule has 0 aromatic carbocycles. The molecule has 0 aliphatic carbocycles. The highest BCUT2D eigenvalue weighted by Crippen LogP contribution is 2.16. The average Bonchev–Trinajstić information content (AvgIpc) is 2.29. The highest BCUT2D eigenvalue weighted by Gasteiger charge is 2.06. The van der Waals surface area contributed by atoms with E-state index in [1.165, 1.54) is 0 Å². The number of aromatic nitrogens is 1. The number of hydrogen-bond donors (Lipinski definition) is 1. The lowest BCUT2D eigenvalue weighted by Crippen LogP contribution is -2.22. The number of nitrogens with one attached hydrogen (secondary N) is 1. The van der Waals surface area contributed by atoms with E-state index < -0.39 is 0 Å². The second-order valence-corrected chi connectivity index (χ2v) is 3.52. The van der Waals surface area contributed by atoms with Crippen LogP contribution in [0.2, 0.25) is 0 Å². The van der Waals surface area contributed by atoms with Gasteiger partial charge < -0.3 is 10.1 Å². The molecule has 4 heteroatoms. The first-order valence-electron chi connectivity index (χ1n) is 5.48. The number of aryl methyl sites for hydroxylation is 1. The van der Waals surface area contributed by atoms with Crippen molar-refractivity contribution >= 4 is 0 Å². The van der Waals surface area contributed by atoms with E-state index in [2.05, 4.69) is 23.3 Å². The van der Waals surface area contributed by atoms with Crippen LogP contribution >= 0.6 is 0 Å². The van der Waals surface area contributed by atoms with Gasteiger partial charge in [0, 0.05) is 12.7 Å². The van der Waals surface area contributed by atoms with Crippen LogP contribution in [0.15, 0.2) is 12.3 Å². The summed E-state index contributed by atoms with van der Waals surface area (Å²) in [7, 11) is 0. The zero-order chi connectivity index (χ0) is 11.8. The fourth-order valence-electron chi connectivity index (χ4n) is 1.30. The summed E-state index contributed by atoms with van der Waals surface area (Å²) in [6.07, 6.45) is 2.76. The lowest BCUT2D eigenvalue weighted by atomic mass is 10.2. The Balaban J connectivity index is 2.48. The van der Waals surface area contributed by atoms with Crippen molar-refractivity contribution in [2.75, 3.05) is 19.7 Å². The second-order valence-electron chi connectivity index (χ2n) is 3.52. The van der Waals surface area contributed by atoms with Gasteiger partial charge >= 0.3 is 0 Å². The van der Waals surface area contributed by atoms with E-state index in [0.717, 1.165) is 25.1 Å². The molecule has 0 spiro atoms. The summed E-state index contributed by atoms with van der Waals surface area (Å²) in [6.45, 7) is 6.28. The fourth-order valence-corrected chi connectivity index (χ4v) is 1.30. The van der Waals surface area contributed by atoms with Gasteiger partial charge in [0.25, 0.3) is 0 Å². The minimum atomic E-state index is 0.431. The quantitative estimate of drug-likeness (QED) is 0.739. The van der Waals surface area contributed by atoms with Crippen molar-refractivity contribution in [1.29, 1.82) is 5.26 Å². The van der Waals surface area contributed by atoms with Crippen molar-refractivity contribution in [3.05, 3.63) is 23.4 Å². The summed E-state index contributed by atoms with van der Waals surface area (Å²) in [4.78, 5) is 4.06. The Kier molecular flexibility index (Phi) is 5.30. The number of rotatable bonds is 6. The molecule has 0 aliphatic heterocycles. The SMILES string of the molecule is CCCNCCOc1nccc(C)c1C#N. The Bertz CT molecular complexity index is 371. The molecule has 0 saturated carbocycles. The Labute approximate surface area is 96.3 Å². The maximum atomic E-state index is 8.95. The van der Waals surface area contributed by atoms with Gasteiger partial charge in [0.15, 0.2) is 0 Å². The highest BCUT2D eigenvalue weighted by molar-refractivity contribution is 5.43. The van der Waals surface area contributed by atoms with Gasteiger partial charge in [0.1, 0.15) is 18.2 Å². The molecule has 0 unspecified atom stereocenters. The molecule has 1 aromatic rings. The van der Waals surface area contributed by atoms with E-state index in [-0.39, 0.29) is 0 Å². The highest BCUT2D eigenvalue weighted by atomic mass is 16.5. The standard InChI is InChI=1S/C12H17N3O/c1-3-5-14-7-8-16-12-11(9-13)10(2)4-6-15-12/h4,6,14H,3,5,7-8H2,1-2H3. The molecule has 1 aromatic heterocycles. The summed E-state index contributed by atoms with van der Waals surface area (Å²) >= 11 is 0. The lowest BCUT2D eigenvalue weighted by molar-refractivity contribution is 0.301. The molecule has 0 saturated heterocycles. The normalized spacial score (nSPS) is 9.81. The molecule has 86 valence electrons. The first kappa shape index (κ1) is 12.5. The average molecular weight is 219 g/mol. The van der Waals surface area contributed by atoms with Gasteiger partial charge in [0.2, 0.25) is 5.88 Å². The van der Waals surface area contributed by atoms with E-state index in [0.29, 0.717) is 18.1 Å². The Hall–Kier alpha value is -1.60. The number of nitriles is 1. The van der Waals surface area contributed by atoms with Crippen molar-refractivity contribution in [1.82, 2.24) is 10.3 Å². The monoisotopic (exact) mass is 219 g/mol. The molecule has 0 atom stereocenters. The van der Waals surface area contributed by atoms with Crippen LogP contribution in [0.1, 0.15) is 24.5 Å². The van der Waals surface area contributed by atoms with Gasteiger partial charge in [-0.25, -0.2) is 4.98 Å². The van der Waals surface area contributed by atoms with Crippen molar-refractivity contribution in [2.45, 2.75) is 20.3 Å². The maximum Gasteiger partial charge on any atom is 0.231 e. The van der Waals surface area contributed by atoms with Crippen LogP contribution in [0, 0.1) is 18.3 Å². The molecular formula is C12H17N3O. The Morgan fingerprint density at radius 3 is 3.00 bits per heavy atom. The largest absolute Gasteiger partial charge is 0.475 e. The molecule has 1 rings (SSSR count). The van der Waals surface area contributed by atoms with Gasteiger partial charge in [-0.1, -0.05) is 6.92 Å². The summed E-state index contributed by atoms with van der Waals surface area (Å²) in [6, 6.07) is 3.91. The van der Waals surface area contributed by atoms with Crippen molar-refractivity contribution in [3.8, 4) is 11.9 Å². The minimum absolute atomic E-state index is 0.431. The predicted molar refractivity (Wildman–Crippen MR) is 62.3 cm³/mol. The molecule has 1 heterocycles. The van der Waals surface area contributed by atoms with E-state index in [9.17, 15) is 0 Å². The smallest absolute Gasteiger partial charge is 0.231 e. The third kappa shape index (κ3) is 3.52. The molecular weight excluding hydrogens is 202 g/mol. The van der Waals surface area contributed by atoms with Crippen LogP contribution in [0.4, 0.5) is 0 Å². The Morgan fingerprint density at radius 1 is 1.50 bits per heavy atom. The zero-order valence-electron chi connectivity index (χ0n) is 9.79. The van der Waals surface area contributed by atoms with E-state index in [4.69, 9.17) is 10.00 Å². The fraction of sp³-hybridized carbons (Fsp3) is 0.500. The van der Waals surface area contributed by atoms with Crippen LogP contribution in [0.3, 0.4) is 0 Å². The molecule has 0 aliphatic rings. The molecule has 16 heavy (non-hydrogen) atoms. The minimum Gasteiger partial charge on any atom is -0.475 e. The number of pyridine rings is 1. The topological polar surface area (TPSA) is 57.9 Å². The van der Waals surface area contributed by atoms with Crippen LogP contribution in [-0.4, -0.2) is 24.7 Å². The van der Waals surface area contributed by atoms with Crippen molar-refractivity contribution < 1.29 is 4.74 Å². The molecule has 0 fully saturated rings. The zero-order valence-corrected chi connectivity index (χ0v) is 9.79. The van der Waals surface area contributed by atoms with Crippen LogP contribution in [0.5, 0.6) is 5.88 Å². The molecule has 0 radical (unpaired) electrons. The molecule has 0 amide bonds. The van der Waals surface area contributed by atoms with E-state index in [1.54, 1.807) is 12.3 Å². The Morgan fingerprint density at radius 2 is 2.31 bits per heavy atom. The van der Waals surface area contributed by atoms with Gasteiger partial charge in [-0.2, -0.15) is 5.26 Å². The van der Waals surface area contributed by atoms with Crippen LogP contribution < -0.4 is 10.1 Å².